The van der Waals surface area contributed by atoms with Crippen LogP contribution in [0.1, 0.15) is 37.0 Å². The van der Waals surface area contributed by atoms with Crippen LogP contribution in [0.2, 0.25) is 0 Å². The zero-order valence-electron chi connectivity index (χ0n) is 16.8. The predicted molar refractivity (Wildman–Crippen MR) is 104 cm³/mol. The lowest BCUT2D eigenvalue weighted by Gasteiger charge is -2.36. The van der Waals surface area contributed by atoms with Gasteiger partial charge in [-0.2, -0.15) is 0 Å². The van der Waals surface area contributed by atoms with Gasteiger partial charge >= 0.3 is 0 Å². The minimum atomic E-state index is -0.576. The average molecular weight is 390 g/mol. The molecule has 0 radical (unpaired) electrons. The Labute approximate surface area is 166 Å². The summed E-state index contributed by atoms with van der Waals surface area (Å²) in [6.45, 7) is 6.49. The number of nitrogens with one attached hydrogen (secondary N) is 1. The van der Waals surface area contributed by atoms with Crippen LogP contribution in [-0.4, -0.2) is 62.5 Å². The van der Waals surface area contributed by atoms with Crippen LogP contribution in [0.3, 0.4) is 0 Å². The van der Waals surface area contributed by atoms with Crippen molar-refractivity contribution in [3.8, 4) is 5.75 Å². The third-order valence-electron chi connectivity index (χ3n) is 5.45. The van der Waals surface area contributed by atoms with Gasteiger partial charge < -0.3 is 24.4 Å². The molecule has 1 N–H and O–H groups in total. The second-order valence-electron chi connectivity index (χ2n) is 7.67. The molecule has 0 saturated carbocycles. The summed E-state index contributed by atoms with van der Waals surface area (Å²) in [5.41, 5.74) is 0.428. The number of benzene rings is 1. The van der Waals surface area contributed by atoms with Crippen molar-refractivity contribution >= 4 is 11.8 Å². The Balaban J connectivity index is 1.62. The molecule has 2 fully saturated rings. The summed E-state index contributed by atoms with van der Waals surface area (Å²) in [6, 6.07) is 6.44. The number of hydrogen-bond acceptors (Lipinski definition) is 5. The Bertz CT molecular complexity index is 679. The van der Waals surface area contributed by atoms with Crippen LogP contribution in [0.25, 0.3) is 0 Å². The molecule has 0 bridgehead atoms. The fraction of sp³-hybridized carbons (Fsp3) is 0.619. The number of likely N-dealkylation sites (tertiary alicyclic amines) is 1. The molecule has 2 saturated heterocycles. The lowest BCUT2D eigenvalue weighted by atomic mass is 9.94. The number of nitrogens with zero attached hydrogens (tertiary/aromatic N) is 1. The van der Waals surface area contributed by atoms with Crippen LogP contribution >= 0.6 is 0 Å². The van der Waals surface area contributed by atoms with Crippen LogP contribution in [0.5, 0.6) is 5.75 Å². The van der Waals surface area contributed by atoms with E-state index < -0.39 is 6.04 Å². The van der Waals surface area contributed by atoms with Gasteiger partial charge in [0.25, 0.3) is 5.91 Å². The number of piperidine rings is 1. The molecular weight excluding hydrogens is 360 g/mol. The Hall–Kier alpha value is -2.12. The monoisotopic (exact) mass is 390 g/mol. The van der Waals surface area contributed by atoms with Gasteiger partial charge in [0, 0.05) is 19.0 Å². The summed E-state index contributed by atoms with van der Waals surface area (Å²) in [7, 11) is 1.53. The van der Waals surface area contributed by atoms with Gasteiger partial charge in [-0.05, 0) is 30.9 Å². The first-order valence-electron chi connectivity index (χ1n) is 9.97. The van der Waals surface area contributed by atoms with Crippen LogP contribution in [-0.2, 0) is 14.3 Å². The van der Waals surface area contributed by atoms with Gasteiger partial charge in [-0.3, -0.25) is 9.59 Å². The van der Waals surface area contributed by atoms with Gasteiger partial charge in [-0.1, -0.05) is 26.0 Å². The second kappa shape index (κ2) is 9.39. The van der Waals surface area contributed by atoms with E-state index in [2.05, 4.69) is 5.32 Å². The average Bonchev–Trinajstić information content (AvgIpc) is 3.26. The SMILES string of the molecule is COc1ccccc1C(=O)NC(C(=O)N1CCC(C2OCCO2)CC1)C(C)C. The van der Waals surface area contributed by atoms with E-state index >= 15 is 0 Å². The largest absolute Gasteiger partial charge is 0.496 e. The predicted octanol–water partition coefficient (Wildman–Crippen LogP) is 2.06. The molecule has 0 aliphatic carbocycles. The molecule has 2 aliphatic heterocycles. The van der Waals surface area contributed by atoms with Gasteiger partial charge in [0.2, 0.25) is 5.91 Å². The molecule has 2 aliphatic rings. The minimum absolute atomic E-state index is 0.0228. The molecule has 0 aromatic heterocycles. The van der Waals surface area contributed by atoms with Gasteiger partial charge in [-0.15, -0.1) is 0 Å². The maximum atomic E-state index is 13.1. The Kier molecular flexibility index (Phi) is 6.91. The van der Waals surface area contributed by atoms with E-state index in [1.54, 1.807) is 18.2 Å². The quantitative estimate of drug-likeness (QED) is 0.805. The zero-order chi connectivity index (χ0) is 20.1. The fourth-order valence-corrected chi connectivity index (χ4v) is 3.80. The van der Waals surface area contributed by atoms with Crippen LogP contribution < -0.4 is 10.1 Å². The molecule has 2 amide bonds. The zero-order valence-corrected chi connectivity index (χ0v) is 16.8. The molecule has 7 nitrogen and oxygen atoms in total. The minimum Gasteiger partial charge on any atom is -0.496 e. The first kappa shape index (κ1) is 20.6. The highest BCUT2D eigenvalue weighted by Gasteiger charge is 2.35. The fourth-order valence-electron chi connectivity index (χ4n) is 3.80. The van der Waals surface area contributed by atoms with E-state index in [0.717, 1.165) is 12.8 Å². The summed E-state index contributed by atoms with van der Waals surface area (Å²) in [5, 5.41) is 2.91. The topological polar surface area (TPSA) is 77.1 Å². The highest BCUT2D eigenvalue weighted by molar-refractivity contribution is 5.99. The Morgan fingerprint density at radius 1 is 1.14 bits per heavy atom. The standard InChI is InChI=1S/C21H30N2O5/c1-14(2)18(22-19(24)16-6-4-5-7-17(16)26-3)20(25)23-10-8-15(9-11-23)21-27-12-13-28-21/h4-7,14-15,18,21H,8-13H2,1-3H3,(H,22,24). The number of hydrogen-bond donors (Lipinski definition) is 1. The first-order chi connectivity index (χ1) is 13.5. The summed E-state index contributed by atoms with van der Waals surface area (Å²) >= 11 is 0. The smallest absolute Gasteiger partial charge is 0.255 e. The van der Waals surface area contributed by atoms with Gasteiger partial charge in [-0.25, -0.2) is 0 Å². The molecule has 1 unspecified atom stereocenters. The van der Waals surface area contributed by atoms with Gasteiger partial charge in [0.05, 0.1) is 25.9 Å². The van der Waals surface area contributed by atoms with Gasteiger partial charge in [0.1, 0.15) is 11.8 Å². The number of ether oxygens (including phenoxy) is 3. The highest BCUT2D eigenvalue weighted by atomic mass is 16.7. The molecule has 1 aromatic rings. The van der Waals surface area contributed by atoms with Crippen molar-refractivity contribution in [1.29, 1.82) is 0 Å². The molecule has 7 heteroatoms. The second-order valence-corrected chi connectivity index (χ2v) is 7.67. The van der Waals surface area contributed by atoms with E-state index in [4.69, 9.17) is 14.2 Å². The van der Waals surface area contributed by atoms with E-state index in [-0.39, 0.29) is 24.0 Å². The molecule has 0 spiro atoms. The first-order valence-corrected chi connectivity index (χ1v) is 9.97. The van der Waals surface area contributed by atoms with Crippen molar-refractivity contribution in [1.82, 2.24) is 10.2 Å². The number of rotatable bonds is 6. The number of carbonyl (C=O) groups excluding carboxylic acids is 2. The summed E-state index contributed by atoms with van der Waals surface area (Å²) in [6.07, 6.45) is 1.56. The van der Waals surface area contributed by atoms with E-state index in [1.807, 2.05) is 24.8 Å². The normalized spacial score (nSPS) is 19.6. The summed E-state index contributed by atoms with van der Waals surface area (Å²) in [5.74, 6) is 0.460. The van der Waals surface area contributed by atoms with Gasteiger partial charge in [0.15, 0.2) is 6.29 Å². The molecule has 3 rings (SSSR count). The highest BCUT2D eigenvalue weighted by Crippen LogP contribution is 2.26. The van der Waals surface area contributed by atoms with Crippen molar-refractivity contribution < 1.29 is 23.8 Å². The van der Waals surface area contributed by atoms with Crippen molar-refractivity contribution in [2.75, 3.05) is 33.4 Å². The number of amides is 2. The summed E-state index contributed by atoms with van der Waals surface area (Å²) in [4.78, 5) is 27.7. The molecule has 28 heavy (non-hydrogen) atoms. The third-order valence-corrected chi connectivity index (χ3v) is 5.45. The van der Waals surface area contributed by atoms with E-state index in [1.165, 1.54) is 7.11 Å². The van der Waals surface area contributed by atoms with Crippen molar-refractivity contribution in [2.24, 2.45) is 11.8 Å². The maximum absolute atomic E-state index is 13.1. The lowest BCUT2D eigenvalue weighted by molar-refractivity contribution is -0.139. The number of carbonyl (C=O) groups is 2. The lowest BCUT2D eigenvalue weighted by Crippen LogP contribution is -2.53. The molecule has 1 atom stereocenters. The van der Waals surface area contributed by atoms with E-state index in [0.29, 0.717) is 43.5 Å². The maximum Gasteiger partial charge on any atom is 0.255 e. The molecule has 1 aromatic carbocycles. The van der Waals surface area contributed by atoms with Crippen LogP contribution in [0, 0.1) is 11.8 Å². The number of methoxy groups -OCH3 is 1. The molecule has 2 heterocycles. The van der Waals surface area contributed by atoms with E-state index in [9.17, 15) is 9.59 Å². The van der Waals surface area contributed by atoms with Crippen LogP contribution in [0.4, 0.5) is 0 Å². The van der Waals surface area contributed by atoms with Crippen molar-refractivity contribution in [3.63, 3.8) is 0 Å². The summed E-state index contributed by atoms with van der Waals surface area (Å²) < 4.78 is 16.5. The Morgan fingerprint density at radius 3 is 2.39 bits per heavy atom. The van der Waals surface area contributed by atoms with Crippen LogP contribution in [0.15, 0.2) is 24.3 Å². The molecular formula is C21H30N2O5. The third kappa shape index (κ3) is 4.64. The van der Waals surface area contributed by atoms with Crippen molar-refractivity contribution in [3.05, 3.63) is 29.8 Å². The Morgan fingerprint density at radius 2 is 1.79 bits per heavy atom. The van der Waals surface area contributed by atoms with Crippen molar-refractivity contribution in [2.45, 2.75) is 39.0 Å². The number of para-hydroxylation sites is 1. The molecule has 154 valence electrons.